The van der Waals surface area contributed by atoms with E-state index < -0.39 is 0 Å². The van der Waals surface area contributed by atoms with Crippen LogP contribution in [0.25, 0.3) is 0 Å². The summed E-state index contributed by atoms with van der Waals surface area (Å²) in [6.07, 6.45) is 3.80. The molecule has 0 saturated heterocycles. The van der Waals surface area contributed by atoms with Gasteiger partial charge in [-0.15, -0.1) is 0 Å². The highest BCUT2D eigenvalue weighted by atomic mass is 35.5. The highest BCUT2D eigenvalue weighted by molar-refractivity contribution is 6.30. The second-order valence-electron chi connectivity index (χ2n) is 3.60. The van der Waals surface area contributed by atoms with Crippen molar-refractivity contribution in [3.63, 3.8) is 0 Å². The molecule has 0 fully saturated rings. The summed E-state index contributed by atoms with van der Waals surface area (Å²) in [6.45, 7) is 3.79. The van der Waals surface area contributed by atoms with Gasteiger partial charge < -0.3 is 9.88 Å². The summed E-state index contributed by atoms with van der Waals surface area (Å²) in [4.78, 5) is 4.17. The van der Waals surface area contributed by atoms with Crippen molar-refractivity contribution in [2.75, 3.05) is 11.9 Å². The monoisotopic (exact) mass is 235 g/mol. The maximum Gasteiger partial charge on any atom is 0.105 e. The molecule has 0 aliphatic heterocycles. The molecule has 0 aliphatic carbocycles. The smallest absolute Gasteiger partial charge is 0.105 e. The van der Waals surface area contributed by atoms with E-state index in [2.05, 4.69) is 14.9 Å². The Morgan fingerprint density at radius 1 is 1.31 bits per heavy atom. The van der Waals surface area contributed by atoms with Gasteiger partial charge in [0, 0.05) is 36.2 Å². The zero-order chi connectivity index (χ0) is 11.4. The van der Waals surface area contributed by atoms with Crippen molar-refractivity contribution in [1.82, 2.24) is 9.55 Å². The van der Waals surface area contributed by atoms with Crippen molar-refractivity contribution >= 4 is 17.3 Å². The van der Waals surface area contributed by atoms with Crippen LogP contribution in [0.15, 0.2) is 36.7 Å². The average molecular weight is 236 g/mol. The fraction of sp³-hybridized carbons (Fsp3) is 0.250. The van der Waals surface area contributed by atoms with Gasteiger partial charge in [0.1, 0.15) is 5.82 Å². The van der Waals surface area contributed by atoms with Crippen LogP contribution >= 0.6 is 11.6 Å². The van der Waals surface area contributed by atoms with Crippen LogP contribution in [0, 0.1) is 6.92 Å². The van der Waals surface area contributed by atoms with Crippen molar-refractivity contribution < 1.29 is 0 Å². The number of aryl methyl sites for hydroxylation is 1. The van der Waals surface area contributed by atoms with E-state index in [1.807, 2.05) is 43.6 Å². The van der Waals surface area contributed by atoms with Crippen molar-refractivity contribution in [2.45, 2.75) is 13.5 Å². The van der Waals surface area contributed by atoms with E-state index in [9.17, 15) is 0 Å². The van der Waals surface area contributed by atoms with Crippen LogP contribution in [-0.2, 0) is 6.54 Å². The molecule has 1 N–H and O–H groups in total. The van der Waals surface area contributed by atoms with E-state index in [1.54, 1.807) is 0 Å². The summed E-state index contributed by atoms with van der Waals surface area (Å²) in [5.41, 5.74) is 1.09. The molecule has 0 amide bonds. The third-order valence-electron chi connectivity index (χ3n) is 2.45. The molecule has 0 atom stereocenters. The Bertz CT molecular complexity index is 448. The Balaban J connectivity index is 1.84. The van der Waals surface area contributed by atoms with E-state index in [1.165, 1.54) is 0 Å². The summed E-state index contributed by atoms with van der Waals surface area (Å²) in [7, 11) is 0. The number of benzene rings is 1. The fourth-order valence-corrected chi connectivity index (χ4v) is 1.65. The van der Waals surface area contributed by atoms with Gasteiger partial charge in [0.2, 0.25) is 0 Å². The van der Waals surface area contributed by atoms with Crippen LogP contribution < -0.4 is 5.32 Å². The molecular formula is C12H14ClN3. The van der Waals surface area contributed by atoms with Gasteiger partial charge in [-0.2, -0.15) is 0 Å². The number of nitrogens with one attached hydrogen (secondary N) is 1. The maximum atomic E-state index is 5.81. The van der Waals surface area contributed by atoms with Gasteiger partial charge in [-0.05, 0) is 31.2 Å². The lowest BCUT2D eigenvalue weighted by molar-refractivity contribution is 0.701. The van der Waals surface area contributed by atoms with Gasteiger partial charge >= 0.3 is 0 Å². The lowest BCUT2D eigenvalue weighted by Gasteiger charge is -2.08. The number of aromatic nitrogens is 2. The molecule has 16 heavy (non-hydrogen) atoms. The predicted molar refractivity (Wildman–Crippen MR) is 66.9 cm³/mol. The Labute approximate surface area is 100 Å². The number of hydrogen-bond donors (Lipinski definition) is 1. The Hall–Kier alpha value is -1.48. The van der Waals surface area contributed by atoms with Gasteiger partial charge in [0.15, 0.2) is 0 Å². The van der Waals surface area contributed by atoms with Crippen LogP contribution in [0.5, 0.6) is 0 Å². The lowest BCUT2D eigenvalue weighted by atomic mass is 10.3. The van der Waals surface area contributed by atoms with Gasteiger partial charge in [-0.25, -0.2) is 4.98 Å². The summed E-state index contributed by atoms with van der Waals surface area (Å²) in [5, 5.41) is 4.09. The zero-order valence-electron chi connectivity index (χ0n) is 9.15. The minimum Gasteiger partial charge on any atom is -0.383 e. The molecule has 2 rings (SSSR count). The molecule has 0 aliphatic rings. The second-order valence-corrected chi connectivity index (χ2v) is 4.04. The molecule has 84 valence electrons. The molecule has 2 aromatic rings. The highest BCUT2D eigenvalue weighted by Crippen LogP contribution is 2.13. The fourth-order valence-electron chi connectivity index (χ4n) is 1.53. The van der Waals surface area contributed by atoms with E-state index in [-0.39, 0.29) is 0 Å². The molecule has 1 aromatic carbocycles. The molecule has 3 nitrogen and oxygen atoms in total. The van der Waals surface area contributed by atoms with Crippen LogP contribution in [0.3, 0.4) is 0 Å². The third kappa shape index (κ3) is 2.76. The molecular weight excluding hydrogens is 222 g/mol. The standard InChI is InChI=1S/C12H14ClN3/c1-10-14-6-8-16(10)9-7-15-12-4-2-11(13)3-5-12/h2-6,8,15H,7,9H2,1H3. The normalized spacial score (nSPS) is 10.4. The van der Waals surface area contributed by atoms with Crippen molar-refractivity contribution in [2.24, 2.45) is 0 Å². The first kappa shape index (κ1) is 11.0. The molecule has 0 bridgehead atoms. The van der Waals surface area contributed by atoms with E-state index in [0.717, 1.165) is 29.6 Å². The van der Waals surface area contributed by atoms with E-state index in [0.29, 0.717) is 0 Å². The molecule has 0 saturated carbocycles. The van der Waals surface area contributed by atoms with Crippen LogP contribution in [-0.4, -0.2) is 16.1 Å². The number of hydrogen-bond acceptors (Lipinski definition) is 2. The second kappa shape index (κ2) is 5.03. The Morgan fingerprint density at radius 3 is 2.69 bits per heavy atom. The Morgan fingerprint density at radius 2 is 2.06 bits per heavy atom. The number of rotatable bonds is 4. The summed E-state index contributed by atoms with van der Waals surface area (Å²) in [6, 6.07) is 7.71. The van der Waals surface area contributed by atoms with Gasteiger partial charge in [-0.3, -0.25) is 0 Å². The molecule has 1 heterocycles. The quantitative estimate of drug-likeness (QED) is 0.883. The SMILES string of the molecule is Cc1nccn1CCNc1ccc(Cl)cc1. The minimum absolute atomic E-state index is 0.760. The highest BCUT2D eigenvalue weighted by Gasteiger charge is 1.96. The first-order valence-corrected chi connectivity index (χ1v) is 5.61. The van der Waals surface area contributed by atoms with E-state index >= 15 is 0 Å². The number of nitrogens with zero attached hydrogens (tertiary/aromatic N) is 2. The lowest BCUT2D eigenvalue weighted by Crippen LogP contribution is -2.10. The van der Waals surface area contributed by atoms with E-state index in [4.69, 9.17) is 11.6 Å². The topological polar surface area (TPSA) is 29.9 Å². The first-order chi connectivity index (χ1) is 7.75. The third-order valence-corrected chi connectivity index (χ3v) is 2.70. The predicted octanol–water partition coefficient (Wildman–Crippen LogP) is 2.96. The minimum atomic E-state index is 0.760. The number of imidazole rings is 1. The largest absolute Gasteiger partial charge is 0.383 e. The zero-order valence-corrected chi connectivity index (χ0v) is 9.91. The summed E-state index contributed by atoms with van der Waals surface area (Å²) in [5.74, 6) is 1.04. The average Bonchev–Trinajstić information content (AvgIpc) is 2.68. The summed E-state index contributed by atoms with van der Waals surface area (Å²) >= 11 is 5.81. The van der Waals surface area contributed by atoms with Crippen molar-refractivity contribution in [3.05, 3.63) is 47.5 Å². The summed E-state index contributed by atoms with van der Waals surface area (Å²) < 4.78 is 2.11. The molecule has 0 unspecified atom stereocenters. The van der Waals surface area contributed by atoms with Gasteiger partial charge in [-0.1, -0.05) is 11.6 Å². The van der Waals surface area contributed by atoms with Crippen LogP contribution in [0.4, 0.5) is 5.69 Å². The van der Waals surface area contributed by atoms with Crippen molar-refractivity contribution in [1.29, 1.82) is 0 Å². The Kier molecular flexibility index (Phi) is 3.47. The van der Waals surface area contributed by atoms with Crippen LogP contribution in [0.1, 0.15) is 5.82 Å². The van der Waals surface area contributed by atoms with Gasteiger partial charge in [0.05, 0.1) is 0 Å². The van der Waals surface area contributed by atoms with Crippen molar-refractivity contribution in [3.8, 4) is 0 Å². The first-order valence-electron chi connectivity index (χ1n) is 5.23. The van der Waals surface area contributed by atoms with Crippen LogP contribution in [0.2, 0.25) is 5.02 Å². The molecule has 1 aromatic heterocycles. The number of anilines is 1. The molecule has 0 spiro atoms. The number of halogens is 1. The molecule has 4 heteroatoms. The molecule has 0 radical (unpaired) electrons. The maximum absolute atomic E-state index is 5.81. The van der Waals surface area contributed by atoms with Gasteiger partial charge in [0.25, 0.3) is 0 Å².